The zero-order valence-corrected chi connectivity index (χ0v) is 17.9. The van der Waals surface area contributed by atoms with Gasteiger partial charge < -0.3 is 11.1 Å². The first kappa shape index (κ1) is 21.6. The minimum absolute atomic E-state index is 0.197. The fraction of sp³-hybridized carbons (Fsp3) is 0.120. The maximum Gasteiger partial charge on any atom is 0.244 e. The average molecular weight is 438 g/mol. The molecular formula is C25H23N7O. The number of hydrogen-bond acceptors (Lipinski definition) is 5. The highest BCUT2D eigenvalue weighted by Crippen LogP contribution is 2.21. The van der Waals surface area contributed by atoms with Crippen molar-refractivity contribution in [1.82, 2.24) is 24.9 Å². The number of aromatic nitrogens is 4. The van der Waals surface area contributed by atoms with Crippen LogP contribution in [0.2, 0.25) is 0 Å². The van der Waals surface area contributed by atoms with Crippen LogP contribution in [-0.4, -0.2) is 32.0 Å². The van der Waals surface area contributed by atoms with Gasteiger partial charge in [-0.25, -0.2) is 9.36 Å². The van der Waals surface area contributed by atoms with Crippen LogP contribution in [-0.2, 0) is 11.2 Å². The first-order valence-electron chi connectivity index (χ1n) is 10.5. The van der Waals surface area contributed by atoms with Gasteiger partial charge in [-0.2, -0.15) is 15.5 Å². The predicted octanol–water partition coefficient (Wildman–Crippen LogP) is 3.27. The molecule has 2 heterocycles. The quantitative estimate of drug-likeness (QED) is 0.324. The van der Waals surface area contributed by atoms with Crippen LogP contribution in [0.1, 0.15) is 23.2 Å². The van der Waals surface area contributed by atoms with Crippen molar-refractivity contribution in [2.45, 2.75) is 12.8 Å². The van der Waals surface area contributed by atoms with Crippen molar-refractivity contribution in [3.63, 3.8) is 0 Å². The van der Waals surface area contributed by atoms with E-state index >= 15 is 0 Å². The van der Waals surface area contributed by atoms with Crippen molar-refractivity contribution < 1.29 is 4.79 Å². The molecule has 0 aliphatic rings. The van der Waals surface area contributed by atoms with Gasteiger partial charge >= 0.3 is 0 Å². The maximum atomic E-state index is 12.2. The standard InChI is InChI=1S/C25H23N7O/c26-16-22-23(30-32(25(22)27)21-10-5-2-6-11-21)12-7-15-28-24(33)14-13-19-17-29-31(18-19)20-8-3-1-4-9-20/h1-6,8-11,13-14,17-18H,7,12,15,27H2,(H,28,33). The Bertz CT molecular complexity index is 1300. The molecule has 8 nitrogen and oxygen atoms in total. The number of carbonyl (C=O) groups is 1. The molecule has 2 aromatic carbocycles. The van der Waals surface area contributed by atoms with Gasteiger partial charge in [-0.1, -0.05) is 36.4 Å². The van der Waals surface area contributed by atoms with Gasteiger partial charge in [-0.15, -0.1) is 0 Å². The van der Waals surface area contributed by atoms with Gasteiger partial charge in [0.2, 0.25) is 5.91 Å². The number of carbonyl (C=O) groups excluding carboxylic acids is 1. The largest absolute Gasteiger partial charge is 0.382 e. The molecular weight excluding hydrogens is 414 g/mol. The first-order valence-corrected chi connectivity index (χ1v) is 10.5. The Labute approximate surface area is 191 Å². The molecule has 33 heavy (non-hydrogen) atoms. The molecule has 0 bridgehead atoms. The van der Waals surface area contributed by atoms with E-state index in [1.807, 2.05) is 66.9 Å². The van der Waals surface area contributed by atoms with E-state index in [0.29, 0.717) is 36.5 Å². The number of aryl methyl sites for hydroxylation is 1. The summed E-state index contributed by atoms with van der Waals surface area (Å²) in [5, 5.41) is 21.2. The van der Waals surface area contributed by atoms with Crippen molar-refractivity contribution in [1.29, 1.82) is 5.26 Å². The molecule has 0 spiro atoms. The molecule has 0 radical (unpaired) electrons. The van der Waals surface area contributed by atoms with E-state index in [1.54, 1.807) is 21.6 Å². The van der Waals surface area contributed by atoms with E-state index in [0.717, 1.165) is 16.9 Å². The van der Waals surface area contributed by atoms with Crippen LogP contribution in [0.25, 0.3) is 17.5 Å². The van der Waals surface area contributed by atoms with Gasteiger partial charge in [0.05, 0.1) is 23.3 Å². The molecule has 164 valence electrons. The van der Waals surface area contributed by atoms with E-state index in [2.05, 4.69) is 21.6 Å². The number of nitrogens with one attached hydrogen (secondary N) is 1. The Morgan fingerprint density at radius 3 is 2.48 bits per heavy atom. The number of nitrogens with two attached hydrogens (primary N) is 1. The number of para-hydroxylation sites is 2. The second kappa shape index (κ2) is 10.1. The third-order valence-corrected chi connectivity index (χ3v) is 5.05. The van der Waals surface area contributed by atoms with Gasteiger partial charge in [-0.3, -0.25) is 4.79 Å². The fourth-order valence-corrected chi connectivity index (χ4v) is 3.38. The van der Waals surface area contributed by atoms with Crippen LogP contribution in [0.3, 0.4) is 0 Å². The van der Waals surface area contributed by atoms with Gasteiger partial charge in [-0.05, 0) is 43.2 Å². The van der Waals surface area contributed by atoms with Crippen molar-refractivity contribution in [2.75, 3.05) is 12.3 Å². The summed E-state index contributed by atoms with van der Waals surface area (Å²) in [6.07, 6.45) is 7.92. The number of nitrogens with zero attached hydrogens (tertiary/aromatic N) is 5. The van der Waals surface area contributed by atoms with Crippen LogP contribution in [0.4, 0.5) is 5.82 Å². The molecule has 8 heteroatoms. The molecule has 1 amide bonds. The highest BCUT2D eigenvalue weighted by Gasteiger charge is 2.16. The number of amides is 1. The van der Waals surface area contributed by atoms with Crippen molar-refractivity contribution in [3.05, 3.63) is 96.0 Å². The van der Waals surface area contributed by atoms with E-state index < -0.39 is 0 Å². The lowest BCUT2D eigenvalue weighted by Crippen LogP contribution is -2.22. The van der Waals surface area contributed by atoms with Crippen molar-refractivity contribution in [3.8, 4) is 17.4 Å². The number of hydrogen-bond donors (Lipinski definition) is 2. The maximum absolute atomic E-state index is 12.2. The summed E-state index contributed by atoms with van der Waals surface area (Å²) in [5.41, 5.74) is 9.70. The third kappa shape index (κ3) is 5.17. The highest BCUT2D eigenvalue weighted by molar-refractivity contribution is 5.91. The summed E-state index contributed by atoms with van der Waals surface area (Å²) in [6, 6.07) is 21.3. The smallest absolute Gasteiger partial charge is 0.244 e. The summed E-state index contributed by atoms with van der Waals surface area (Å²) in [4.78, 5) is 12.2. The summed E-state index contributed by atoms with van der Waals surface area (Å²) in [5.74, 6) is 0.124. The van der Waals surface area contributed by atoms with Crippen LogP contribution in [0.15, 0.2) is 79.1 Å². The van der Waals surface area contributed by atoms with Crippen molar-refractivity contribution >= 4 is 17.8 Å². The van der Waals surface area contributed by atoms with Crippen LogP contribution in [0, 0.1) is 11.3 Å². The monoisotopic (exact) mass is 437 g/mol. The van der Waals surface area contributed by atoms with Gasteiger partial charge in [0, 0.05) is 24.4 Å². The van der Waals surface area contributed by atoms with Crippen LogP contribution < -0.4 is 11.1 Å². The van der Waals surface area contributed by atoms with Gasteiger partial charge in [0.15, 0.2) is 0 Å². The van der Waals surface area contributed by atoms with Crippen LogP contribution in [0.5, 0.6) is 0 Å². The van der Waals surface area contributed by atoms with Crippen molar-refractivity contribution in [2.24, 2.45) is 0 Å². The Hall–Kier alpha value is -4.64. The number of benzene rings is 2. The summed E-state index contributed by atoms with van der Waals surface area (Å²) >= 11 is 0. The molecule has 0 saturated heterocycles. The number of anilines is 1. The van der Waals surface area contributed by atoms with Crippen LogP contribution >= 0.6 is 0 Å². The number of rotatable bonds is 8. The van der Waals surface area contributed by atoms with Gasteiger partial charge in [0.1, 0.15) is 17.5 Å². The van der Waals surface area contributed by atoms with Gasteiger partial charge in [0.25, 0.3) is 0 Å². The lowest BCUT2D eigenvalue weighted by Gasteiger charge is -2.02. The Morgan fingerprint density at radius 2 is 1.79 bits per heavy atom. The Balaban J connectivity index is 1.29. The lowest BCUT2D eigenvalue weighted by atomic mass is 10.1. The molecule has 4 rings (SSSR count). The molecule has 0 atom stereocenters. The Kier molecular flexibility index (Phi) is 6.61. The molecule has 0 fully saturated rings. The normalized spacial score (nSPS) is 10.9. The predicted molar refractivity (Wildman–Crippen MR) is 127 cm³/mol. The summed E-state index contributed by atoms with van der Waals surface area (Å²) < 4.78 is 3.33. The summed E-state index contributed by atoms with van der Waals surface area (Å²) in [7, 11) is 0. The van der Waals surface area contributed by atoms with E-state index in [4.69, 9.17) is 5.73 Å². The first-order chi connectivity index (χ1) is 16.2. The fourth-order valence-electron chi connectivity index (χ4n) is 3.38. The van der Waals surface area contributed by atoms with E-state index in [9.17, 15) is 10.1 Å². The number of nitrogen functional groups attached to an aromatic ring is 1. The highest BCUT2D eigenvalue weighted by atomic mass is 16.1. The minimum atomic E-state index is -0.197. The molecule has 0 unspecified atom stereocenters. The zero-order chi connectivity index (χ0) is 23.0. The molecule has 0 saturated carbocycles. The third-order valence-electron chi connectivity index (χ3n) is 5.05. The molecule has 0 aliphatic carbocycles. The topological polar surface area (TPSA) is 115 Å². The minimum Gasteiger partial charge on any atom is -0.382 e. The zero-order valence-electron chi connectivity index (χ0n) is 17.9. The average Bonchev–Trinajstić information content (AvgIpc) is 3.46. The second-order valence-electron chi connectivity index (χ2n) is 7.35. The molecule has 3 N–H and O–H groups in total. The number of nitriles is 1. The van der Waals surface area contributed by atoms with E-state index in [-0.39, 0.29) is 5.91 Å². The molecule has 0 aliphatic heterocycles. The molecule has 2 aromatic heterocycles. The Morgan fingerprint density at radius 1 is 1.09 bits per heavy atom. The second-order valence-corrected chi connectivity index (χ2v) is 7.35. The SMILES string of the molecule is N#Cc1c(CCCNC(=O)C=Cc2cnn(-c3ccccc3)c2)nn(-c2ccccc2)c1N. The van der Waals surface area contributed by atoms with E-state index in [1.165, 1.54) is 6.08 Å². The summed E-state index contributed by atoms with van der Waals surface area (Å²) in [6.45, 7) is 0.454. The molecule has 4 aromatic rings. The lowest BCUT2D eigenvalue weighted by molar-refractivity contribution is -0.116.